The minimum absolute atomic E-state index is 0.0141. The molecule has 1 unspecified atom stereocenters. The van der Waals surface area contributed by atoms with Gasteiger partial charge in [0, 0.05) is 16.8 Å². The van der Waals surface area contributed by atoms with E-state index >= 15 is 0 Å². The van der Waals surface area contributed by atoms with Gasteiger partial charge in [0.1, 0.15) is 5.75 Å². The van der Waals surface area contributed by atoms with E-state index in [1.54, 1.807) is 12.1 Å². The molecule has 2 nitrogen and oxygen atoms in total. The van der Waals surface area contributed by atoms with Crippen molar-refractivity contribution in [3.05, 3.63) is 58.1 Å². The molecule has 0 saturated carbocycles. The second kappa shape index (κ2) is 6.96. The average molecular weight is 332 g/mol. The van der Waals surface area contributed by atoms with Gasteiger partial charge in [-0.05, 0) is 42.8 Å². The Kier molecular flexibility index (Phi) is 5.26. The molecule has 0 aliphatic carbocycles. The van der Waals surface area contributed by atoms with E-state index in [0.717, 1.165) is 5.56 Å². The number of ether oxygens (including phenoxy) is 1. The molecule has 1 N–H and O–H groups in total. The molecule has 0 heterocycles. The summed E-state index contributed by atoms with van der Waals surface area (Å²) in [5.74, 6) is -0.0450. The fraction of sp³-hybridized carbons (Fsp3) is 0.200. The molecule has 2 aromatic carbocycles. The third-order valence-electron chi connectivity index (χ3n) is 2.90. The SMILES string of the molecule is CC(Nc1ccc(OC(F)F)c(Cl)c1)c1ccc(Cl)cc1. The summed E-state index contributed by atoms with van der Waals surface area (Å²) in [5, 5.41) is 4.03. The predicted molar refractivity (Wildman–Crippen MR) is 81.6 cm³/mol. The smallest absolute Gasteiger partial charge is 0.387 e. The van der Waals surface area contributed by atoms with Gasteiger partial charge in [-0.3, -0.25) is 0 Å². The first-order valence-corrected chi connectivity index (χ1v) is 6.97. The number of nitrogens with one attached hydrogen (secondary N) is 1. The molecule has 2 rings (SSSR count). The van der Waals surface area contributed by atoms with Crippen LogP contribution in [0.2, 0.25) is 10.0 Å². The van der Waals surface area contributed by atoms with Gasteiger partial charge in [-0.25, -0.2) is 0 Å². The van der Waals surface area contributed by atoms with Crippen LogP contribution in [0.1, 0.15) is 18.5 Å². The maximum Gasteiger partial charge on any atom is 0.387 e. The van der Waals surface area contributed by atoms with Crippen LogP contribution in [0.4, 0.5) is 14.5 Å². The van der Waals surface area contributed by atoms with E-state index in [0.29, 0.717) is 10.7 Å². The van der Waals surface area contributed by atoms with Gasteiger partial charge in [-0.15, -0.1) is 0 Å². The van der Waals surface area contributed by atoms with Gasteiger partial charge in [0.2, 0.25) is 0 Å². The highest BCUT2D eigenvalue weighted by molar-refractivity contribution is 6.32. The number of halogens is 4. The van der Waals surface area contributed by atoms with Crippen molar-refractivity contribution in [2.75, 3.05) is 5.32 Å². The number of hydrogen-bond donors (Lipinski definition) is 1. The van der Waals surface area contributed by atoms with Crippen molar-refractivity contribution < 1.29 is 13.5 Å². The fourth-order valence-corrected chi connectivity index (χ4v) is 2.22. The van der Waals surface area contributed by atoms with E-state index in [1.807, 2.05) is 31.2 Å². The second-order valence-corrected chi connectivity index (χ2v) is 5.28. The third kappa shape index (κ3) is 4.48. The van der Waals surface area contributed by atoms with Gasteiger partial charge < -0.3 is 10.1 Å². The molecule has 0 aliphatic rings. The first-order valence-electron chi connectivity index (χ1n) is 6.22. The lowest BCUT2D eigenvalue weighted by Gasteiger charge is -2.17. The third-order valence-corrected chi connectivity index (χ3v) is 3.45. The summed E-state index contributed by atoms with van der Waals surface area (Å²) < 4.78 is 28.6. The number of hydrogen-bond acceptors (Lipinski definition) is 2. The first-order chi connectivity index (χ1) is 9.95. The standard InChI is InChI=1S/C15H13Cl2F2NO/c1-9(10-2-4-11(16)5-3-10)20-12-6-7-14(13(17)8-12)21-15(18)19/h2-9,15,20H,1H3. The summed E-state index contributed by atoms with van der Waals surface area (Å²) in [7, 11) is 0. The molecule has 0 saturated heterocycles. The van der Waals surface area contributed by atoms with E-state index in [4.69, 9.17) is 23.2 Å². The van der Waals surface area contributed by atoms with Crippen LogP contribution in [0, 0.1) is 0 Å². The van der Waals surface area contributed by atoms with Crippen molar-refractivity contribution in [1.29, 1.82) is 0 Å². The maximum absolute atomic E-state index is 12.2. The average Bonchev–Trinajstić information content (AvgIpc) is 2.42. The molecule has 0 bridgehead atoms. The van der Waals surface area contributed by atoms with E-state index < -0.39 is 6.61 Å². The molecule has 112 valence electrons. The topological polar surface area (TPSA) is 21.3 Å². The minimum atomic E-state index is -2.89. The quantitative estimate of drug-likeness (QED) is 0.751. The Morgan fingerprint density at radius 2 is 1.71 bits per heavy atom. The highest BCUT2D eigenvalue weighted by Gasteiger charge is 2.10. The highest BCUT2D eigenvalue weighted by Crippen LogP contribution is 2.30. The number of rotatable bonds is 5. The number of benzene rings is 2. The van der Waals surface area contributed by atoms with Crippen molar-refractivity contribution in [2.45, 2.75) is 19.6 Å². The Morgan fingerprint density at radius 3 is 2.29 bits per heavy atom. The van der Waals surface area contributed by atoms with Crippen LogP contribution in [-0.4, -0.2) is 6.61 Å². The van der Waals surface area contributed by atoms with Crippen molar-refractivity contribution in [3.63, 3.8) is 0 Å². The largest absolute Gasteiger partial charge is 0.433 e. The van der Waals surface area contributed by atoms with E-state index in [9.17, 15) is 8.78 Å². The maximum atomic E-state index is 12.2. The normalized spacial score (nSPS) is 12.3. The lowest BCUT2D eigenvalue weighted by Crippen LogP contribution is -2.07. The Balaban J connectivity index is 2.09. The summed E-state index contributed by atoms with van der Waals surface area (Å²) in [4.78, 5) is 0. The van der Waals surface area contributed by atoms with Crippen LogP contribution >= 0.6 is 23.2 Å². The van der Waals surface area contributed by atoms with Gasteiger partial charge in [0.05, 0.1) is 5.02 Å². The monoisotopic (exact) mass is 331 g/mol. The van der Waals surface area contributed by atoms with Crippen molar-refractivity contribution in [1.82, 2.24) is 0 Å². The molecule has 1 atom stereocenters. The molecule has 6 heteroatoms. The summed E-state index contributed by atoms with van der Waals surface area (Å²) in [6, 6.07) is 12.0. The summed E-state index contributed by atoms with van der Waals surface area (Å²) in [6.07, 6.45) is 0. The first kappa shape index (κ1) is 15.9. The minimum Gasteiger partial charge on any atom is -0.433 e. The van der Waals surface area contributed by atoms with Crippen LogP contribution in [0.25, 0.3) is 0 Å². The molecule has 0 fully saturated rings. The van der Waals surface area contributed by atoms with Gasteiger partial charge in [0.25, 0.3) is 0 Å². The highest BCUT2D eigenvalue weighted by atomic mass is 35.5. The van der Waals surface area contributed by atoms with Gasteiger partial charge in [0.15, 0.2) is 0 Å². The van der Waals surface area contributed by atoms with Gasteiger partial charge in [-0.2, -0.15) is 8.78 Å². The lowest BCUT2D eigenvalue weighted by atomic mass is 10.1. The van der Waals surface area contributed by atoms with Crippen LogP contribution in [-0.2, 0) is 0 Å². The van der Waals surface area contributed by atoms with Crippen molar-refractivity contribution >= 4 is 28.9 Å². The van der Waals surface area contributed by atoms with Crippen molar-refractivity contribution in [3.8, 4) is 5.75 Å². The van der Waals surface area contributed by atoms with Crippen LogP contribution in [0.5, 0.6) is 5.75 Å². The molecule has 0 radical (unpaired) electrons. The van der Waals surface area contributed by atoms with Gasteiger partial charge >= 0.3 is 6.61 Å². The zero-order valence-electron chi connectivity index (χ0n) is 11.1. The zero-order chi connectivity index (χ0) is 15.4. The second-order valence-electron chi connectivity index (χ2n) is 4.44. The summed E-state index contributed by atoms with van der Waals surface area (Å²) >= 11 is 11.8. The summed E-state index contributed by atoms with van der Waals surface area (Å²) in [6.45, 7) is -0.921. The predicted octanol–water partition coefficient (Wildman–Crippen LogP) is 5.77. The Morgan fingerprint density at radius 1 is 1.05 bits per heavy atom. The number of anilines is 1. The molecule has 0 spiro atoms. The molecule has 0 aromatic heterocycles. The Hall–Kier alpha value is -1.52. The van der Waals surface area contributed by atoms with Crippen LogP contribution in [0.3, 0.4) is 0 Å². The number of alkyl halides is 2. The Bertz CT molecular complexity index is 605. The van der Waals surface area contributed by atoms with Crippen molar-refractivity contribution in [2.24, 2.45) is 0 Å². The van der Waals surface area contributed by atoms with E-state index in [1.165, 1.54) is 6.07 Å². The van der Waals surface area contributed by atoms with Crippen LogP contribution in [0.15, 0.2) is 42.5 Å². The lowest BCUT2D eigenvalue weighted by molar-refractivity contribution is -0.0497. The Labute approximate surface area is 131 Å². The van der Waals surface area contributed by atoms with Crippen LogP contribution < -0.4 is 10.1 Å². The van der Waals surface area contributed by atoms with E-state index in [-0.39, 0.29) is 16.8 Å². The molecular weight excluding hydrogens is 319 g/mol. The van der Waals surface area contributed by atoms with Gasteiger partial charge in [-0.1, -0.05) is 35.3 Å². The molecule has 2 aromatic rings. The molecular formula is C15H13Cl2F2NO. The molecule has 21 heavy (non-hydrogen) atoms. The zero-order valence-corrected chi connectivity index (χ0v) is 12.6. The molecule has 0 aliphatic heterocycles. The molecule has 0 amide bonds. The van der Waals surface area contributed by atoms with E-state index in [2.05, 4.69) is 10.1 Å². The fourth-order valence-electron chi connectivity index (χ4n) is 1.87. The summed E-state index contributed by atoms with van der Waals surface area (Å²) in [5.41, 5.74) is 1.76.